The number of ether oxygens (including phenoxy) is 2. The fraction of sp³-hybridized carbons (Fsp3) is 0.914. The van der Waals surface area contributed by atoms with E-state index in [9.17, 15) is 25.2 Å². The lowest BCUT2D eigenvalue weighted by atomic mass is 9.99. The normalized spacial score (nSPS) is 23.5. The molecule has 0 saturated carbocycles. The Morgan fingerprint density at radius 3 is 1.62 bits per heavy atom. The SMILES string of the molecule is CCCCCCCCCCCC[C@H](O)[C@@H]1CC[C@H]([C@H](O)CCCC[C@@H](O)CCCCC[C@H](O)CC2=C[C@@H](C)OC2=O)O1. The molecule has 0 amide bonds. The van der Waals surface area contributed by atoms with Crippen LogP contribution in [0.5, 0.6) is 0 Å². The Balaban J connectivity index is 1.41. The molecule has 0 aromatic heterocycles. The van der Waals surface area contributed by atoms with E-state index in [1.54, 1.807) is 6.08 Å². The summed E-state index contributed by atoms with van der Waals surface area (Å²) in [5, 5.41) is 41.7. The minimum Gasteiger partial charge on any atom is -0.455 e. The molecule has 246 valence electrons. The summed E-state index contributed by atoms with van der Waals surface area (Å²) < 4.78 is 11.1. The van der Waals surface area contributed by atoms with Crippen LogP contribution in [0.3, 0.4) is 0 Å². The maximum Gasteiger partial charge on any atom is 0.334 e. The molecule has 2 aliphatic heterocycles. The molecule has 0 radical (unpaired) electrons. The van der Waals surface area contributed by atoms with Gasteiger partial charge in [-0.15, -0.1) is 0 Å². The number of esters is 1. The van der Waals surface area contributed by atoms with Gasteiger partial charge in [0.15, 0.2) is 0 Å². The minimum absolute atomic E-state index is 0.147. The van der Waals surface area contributed by atoms with E-state index in [1.807, 2.05) is 6.92 Å². The summed E-state index contributed by atoms with van der Waals surface area (Å²) in [6, 6.07) is 0. The first-order chi connectivity index (χ1) is 20.3. The molecule has 0 aromatic carbocycles. The van der Waals surface area contributed by atoms with Gasteiger partial charge in [0.25, 0.3) is 0 Å². The number of carbonyl (C=O) groups excluding carboxylic acids is 1. The lowest BCUT2D eigenvalue weighted by molar-refractivity contribution is -0.139. The van der Waals surface area contributed by atoms with Gasteiger partial charge in [0.05, 0.1) is 36.6 Å². The van der Waals surface area contributed by atoms with E-state index in [0.29, 0.717) is 24.8 Å². The third kappa shape index (κ3) is 16.2. The maximum atomic E-state index is 11.6. The van der Waals surface area contributed by atoms with Crippen molar-refractivity contribution in [1.29, 1.82) is 0 Å². The first-order valence-corrected chi connectivity index (χ1v) is 17.6. The van der Waals surface area contributed by atoms with Crippen LogP contribution in [0.1, 0.15) is 162 Å². The Bertz CT molecular complexity index is 726. The summed E-state index contributed by atoms with van der Waals surface area (Å²) in [4.78, 5) is 11.6. The number of cyclic esters (lactones) is 1. The molecule has 2 heterocycles. The van der Waals surface area contributed by atoms with Crippen LogP contribution in [0.4, 0.5) is 0 Å². The molecule has 0 aliphatic carbocycles. The molecule has 0 bridgehead atoms. The Labute approximate surface area is 256 Å². The van der Waals surface area contributed by atoms with Crippen molar-refractivity contribution >= 4 is 5.97 Å². The van der Waals surface area contributed by atoms with Gasteiger partial charge < -0.3 is 29.9 Å². The first kappa shape index (κ1) is 37.2. The lowest BCUT2D eigenvalue weighted by Crippen LogP contribution is -2.31. The highest BCUT2D eigenvalue weighted by atomic mass is 16.5. The molecule has 2 aliphatic rings. The molecule has 0 spiro atoms. The van der Waals surface area contributed by atoms with E-state index in [0.717, 1.165) is 70.6 Å². The van der Waals surface area contributed by atoms with E-state index >= 15 is 0 Å². The number of hydrogen-bond acceptors (Lipinski definition) is 7. The van der Waals surface area contributed by atoms with Crippen LogP contribution in [0.2, 0.25) is 0 Å². The van der Waals surface area contributed by atoms with E-state index < -0.39 is 18.3 Å². The van der Waals surface area contributed by atoms with Crippen molar-refractivity contribution in [3.63, 3.8) is 0 Å². The monoisotopic (exact) mass is 596 g/mol. The molecule has 1 fully saturated rings. The molecule has 1 saturated heterocycles. The summed E-state index contributed by atoms with van der Waals surface area (Å²) in [5.74, 6) is -0.314. The van der Waals surface area contributed by atoms with Crippen LogP contribution in [0, 0.1) is 0 Å². The third-order valence-corrected chi connectivity index (χ3v) is 9.11. The smallest absolute Gasteiger partial charge is 0.334 e. The zero-order chi connectivity index (χ0) is 30.6. The van der Waals surface area contributed by atoms with Gasteiger partial charge in [-0.05, 0) is 57.9 Å². The molecule has 42 heavy (non-hydrogen) atoms. The standard InChI is InChI=1S/C35H64O7/c1-3-4-5-6-7-8-9-10-11-15-21-31(38)33-23-24-34(42-33)32(39)22-17-16-19-29(36)18-13-12-14-20-30(37)26-28-25-27(2)41-35(28)40/h25,27,29-34,36-39H,3-24,26H2,1-2H3/t27-,29+,30+,31+,32-,33+,34-/m1/s1. The number of hydrogen-bond donors (Lipinski definition) is 4. The number of aliphatic hydroxyl groups excluding tert-OH is 4. The predicted molar refractivity (Wildman–Crippen MR) is 168 cm³/mol. The molecule has 7 nitrogen and oxygen atoms in total. The Morgan fingerprint density at radius 2 is 1.10 bits per heavy atom. The molecule has 0 unspecified atom stereocenters. The Kier molecular flexibility index (Phi) is 19.9. The first-order valence-electron chi connectivity index (χ1n) is 17.6. The van der Waals surface area contributed by atoms with Crippen LogP contribution in [-0.2, 0) is 14.3 Å². The minimum atomic E-state index is -0.530. The fourth-order valence-electron chi connectivity index (χ4n) is 6.42. The third-order valence-electron chi connectivity index (χ3n) is 9.11. The highest BCUT2D eigenvalue weighted by Crippen LogP contribution is 2.28. The molecule has 7 heteroatoms. The molecule has 2 rings (SSSR count). The van der Waals surface area contributed by atoms with Crippen molar-refractivity contribution < 1.29 is 34.7 Å². The topological polar surface area (TPSA) is 116 Å². The van der Waals surface area contributed by atoms with Crippen LogP contribution in [0.15, 0.2) is 11.6 Å². The van der Waals surface area contributed by atoms with E-state index in [4.69, 9.17) is 9.47 Å². The van der Waals surface area contributed by atoms with Crippen LogP contribution in [0.25, 0.3) is 0 Å². The summed E-state index contributed by atoms with van der Waals surface area (Å²) in [6.45, 7) is 4.07. The van der Waals surface area contributed by atoms with E-state index in [2.05, 4.69) is 6.92 Å². The van der Waals surface area contributed by atoms with Gasteiger partial charge >= 0.3 is 5.97 Å². The number of carbonyl (C=O) groups is 1. The molecule has 0 aromatic rings. The van der Waals surface area contributed by atoms with Crippen LogP contribution in [-0.4, -0.2) is 69.1 Å². The molecular formula is C35H64O7. The second-order valence-corrected chi connectivity index (χ2v) is 13.1. The summed E-state index contributed by atoms with van der Waals surface area (Å²) >= 11 is 0. The summed E-state index contributed by atoms with van der Waals surface area (Å²) in [6.07, 6.45) is 22.4. The number of unbranched alkanes of at least 4 members (excludes halogenated alkanes) is 12. The fourth-order valence-corrected chi connectivity index (χ4v) is 6.42. The highest BCUT2D eigenvalue weighted by Gasteiger charge is 2.34. The van der Waals surface area contributed by atoms with Gasteiger partial charge in [0, 0.05) is 12.0 Å². The van der Waals surface area contributed by atoms with Gasteiger partial charge in [-0.25, -0.2) is 4.79 Å². The van der Waals surface area contributed by atoms with Crippen molar-refractivity contribution in [3.8, 4) is 0 Å². The quantitative estimate of drug-likeness (QED) is 0.0624. The van der Waals surface area contributed by atoms with Crippen LogP contribution < -0.4 is 0 Å². The second kappa shape index (κ2) is 22.5. The van der Waals surface area contributed by atoms with Crippen molar-refractivity contribution in [1.82, 2.24) is 0 Å². The van der Waals surface area contributed by atoms with Crippen molar-refractivity contribution in [2.24, 2.45) is 0 Å². The van der Waals surface area contributed by atoms with Gasteiger partial charge in [-0.2, -0.15) is 0 Å². The largest absolute Gasteiger partial charge is 0.455 e. The second-order valence-electron chi connectivity index (χ2n) is 13.1. The lowest BCUT2D eigenvalue weighted by Gasteiger charge is -2.22. The predicted octanol–water partition coefficient (Wildman–Crippen LogP) is 7.06. The average molecular weight is 597 g/mol. The van der Waals surface area contributed by atoms with Gasteiger partial charge in [0.1, 0.15) is 6.10 Å². The average Bonchev–Trinajstić information content (AvgIpc) is 3.58. The Hall–Kier alpha value is -0.990. The maximum absolute atomic E-state index is 11.6. The number of aliphatic hydroxyl groups is 4. The van der Waals surface area contributed by atoms with Gasteiger partial charge in [0.2, 0.25) is 0 Å². The van der Waals surface area contributed by atoms with Crippen LogP contribution >= 0.6 is 0 Å². The zero-order valence-corrected chi connectivity index (χ0v) is 26.9. The molecule has 4 N–H and O–H groups in total. The van der Waals surface area contributed by atoms with Gasteiger partial charge in [-0.3, -0.25) is 0 Å². The summed E-state index contributed by atoms with van der Waals surface area (Å²) in [7, 11) is 0. The van der Waals surface area contributed by atoms with Crippen molar-refractivity contribution in [2.75, 3.05) is 0 Å². The zero-order valence-electron chi connectivity index (χ0n) is 26.9. The molecule has 7 atom stereocenters. The molecular weight excluding hydrogens is 532 g/mol. The Morgan fingerprint density at radius 1 is 0.667 bits per heavy atom. The summed E-state index contributed by atoms with van der Waals surface area (Å²) in [5.41, 5.74) is 0.576. The van der Waals surface area contributed by atoms with Crippen molar-refractivity contribution in [3.05, 3.63) is 11.6 Å². The van der Waals surface area contributed by atoms with Gasteiger partial charge in [-0.1, -0.05) is 103 Å². The van der Waals surface area contributed by atoms with E-state index in [-0.39, 0.29) is 30.4 Å². The highest BCUT2D eigenvalue weighted by molar-refractivity contribution is 5.90. The van der Waals surface area contributed by atoms with Crippen molar-refractivity contribution in [2.45, 2.75) is 204 Å². The number of rotatable bonds is 26. The van der Waals surface area contributed by atoms with E-state index in [1.165, 1.54) is 57.8 Å².